The molecule has 0 unspecified atom stereocenters. The van der Waals surface area contributed by atoms with Crippen LogP contribution in [0.25, 0.3) is 60.1 Å². The number of fused-ring (bicyclic) bond motifs is 5. The third-order valence-corrected chi connectivity index (χ3v) is 7.30. The number of benzene rings is 4. The van der Waals surface area contributed by atoms with Crippen LogP contribution < -0.4 is 4.57 Å². The number of hydrogen-bond acceptors (Lipinski definition) is 0. The van der Waals surface area contributed by atoms with Gasteiger partial charge in [-0.05, 0) is 48.1 Å². The van der Waals surface area contributed by atoms with Gasteiger partial charge in [0.05, 0.1) is 27.3 Å². The summed E-state index contributed by atoms with van der Waals surface area (Å²) in [5.74, 6) is 0. The summed E-state index contributed by atoms with van der Waals surface area (Å²) in [6, 6.07) is 28.8. The van der Waals surface area contributed by atoms with Gasteiger partial charge in [-0.3, -0.25) is 0 Å². The van der Waals surface area contributed by atoms with Crippen molar-refractivity contribution in [2.75, 3.05) is 0 Å². The maximum absolute atomic E-state index is 2.53. The van der Waals surface area contributed by atoms with Crippen LogP contribution >= 0.6 is 0 Å². The third kappa shape index (κ3) is 2.07. The van der Waals surface area contributed by atoms with Crippen LogP contribution in [-0.4, -0.2) is 4.40 Å². The van der Waals surface area contributed by atoms with Crippen LogP contribution in [-0.2, 0) is 7.05 Å². The van der Waals surface area contributed by atoms with E-state index in [9.17, 15) is 0 Å². The Balaban J connectivity index is 1.94. The Morgan fingerprint density at radius 1 is 0.719 bits per heavy atom. The predicted octanol–water partition coefficient (Wildman–Crippen LogP) is 7.10. The first-order valence-corrected chi connectivity index (χ1v) is 11.2. The van der Waals surface area contributed by atoms with E-state index in [4.69, 9.17) is 0 Å². The molecule has 0 saturated heterocycles. The minimum Gasteiger partial charge on any atom is -0.307 e. The highest BCUT2D eigenvalue weighted by molar-refractivity contribution is 6.27. The summed E-state index contributed by atoms with van der Waals surface area (Å²) in [6.45, 7) is 4.52. The molecule has 2 heteroatoms. The highest BCUT2D eigenvalue weighted by Crippen LogP contribution is 2.44. The fourth-order valence-electron chi connectivity index (χ4n) is 5.70. The molecular formula is C30H23N2+. The number of para-hydroxylation sites is 1. The molecule has 0 N–H and O–H groups in total. The number of nitrogens with zero attached hydrogens (tertiary/aromatic N) is 2. The van der Waals surface area contributed by atoms with E-state index in [0.717, 1.165) is 0 Å². The van der Waals surface area contributed by atoms with Crippen molar-refractivity contribution in [1.82, 2.24) is 4.40 Å². The maximum Gasteiger partial charge on any atom is 0.224 e. The van der Waals surface area contributed by atoms with Gasteiger partial charge >= 0.3 is 0 Å². The zero-order valence-corrected chi connectivity index (χ0v) is 18.5. The Labute approximate surface area is 186 Å². The van der Waals surface area contributed by atoms with E-state index in [1.54, 1.807) is 0 Å². The monoisotopic (exact) mass is 411 g/mol. The Morgan fingerprint density at radius 3 is 2.34 bits per heavy atom. The number of aryl methyl sites for hydroxylation is 3. The molecule has 3 aromatic heterocycles. The Bertz CT molecular complexity index is 1840. The molecular weight excluding hydrogens is 388 g/mol. The van der Waals surface area contributed by atoms with Gasteiger partial charge in [0, 0.05) is 22.4 Å². The van der Waals surface area contributed by atoms with Gasteiger partial charge in [-0.2, -0.15) is 0 Å². The summed E-state index contributed by atoms with van der Waals surface area (Å²) < 4.78 is 4.84. The van der Waals surface area contributed by atoms with Crippen LogP contribution in [0, 0.1) is 13.8 Å². The first-order valence-electron chi connectivity index (χ1n) is 11.2. The number of aromatic nitrogens is 2. The van der Waals surface area contributed by atoms with Crippen molar-refractivity contribution < 1.29 is 4.57 Å². The summed E-state index contributed by atoms with van der Waals surface area (Å²) in [4.78, 5) is 0. The zero-order valence-electron chi connectivity index (χ0n) is 18.5. The van der Waals surface area contributed by atoms with Gasteiger partial charge in [0.15, 0.2) is 6.20 Å². The largest absolute Gasteiger partial charge is 0.307 e. The fourth-order valence-corrected chi connectivity index (χ4v) is 5.70. The van der Waals surface area contributed by atoms with Crippen molar-refractivity contribution in [1.29, 1.82) is 0 Å². The van der Waals surface area contributed by atoms with Gasteiger partial charge in [0.2, 0.25) is 5.52 Å². The highest BCUT2D eigenvalue weighted by atomic mass is 15.0. The van der Waals surface area contributed by atoms with Gasteiger partial charge in [-0.15, -0.1) is 0 Å². The molecule has 7 rings (SSSR count). The van der Waals surface area contributed by atoms with E-state index < -0.39 is 0 Å². The second-order valence-electron chi connectivity index (χ2n) is 9.01. The number of hydrogen-bond donors (Lipinski definition) is 0. The molecule has 7 aromatic rings. The van der Waals surface area contributed by atoms with E-state index in [1.165, 1.54) is 71.3 Å². The van der Waals surface area contributed by atoms with E-state index in [0.29, 0.717) is 0 Å². The van der Waals surface area contributed by atoms with Crippen LogP contribution in [0.15, 0.2) is 85.1 Å². The minimum absolute atomic E-state index is 1.25. The molecule has 0 aliphatic rings. The van der Waals surface area contributed by atoms with Crippen LogP contribution in [0.4, 0.5) is 0 Å². The molecule has 0 amide bonds. The first-order chi connectivity index (χ1) is 15.6. The van der Waals surface area contributed by atoms with E-state index in [1.807, 2.05) is 0 Å². The lowest BCUT2D eigenvalue weighted by molar-refractivity contribution is -0.643. The number of rotatable bonds is 1. The summed E-state index contributed by atoms with van der Waals surface area (Å²) in [7, 11) is 2.18. The summed E-state index contributed by atoms with van der Waals surface area (Å²) >= 11 is 0. The summed E-state index contributed by atoms with van der Waals surface area (Å²) in [5.41, 5.74) is 10.4. The normalized spacial score (nSPS) is 12.2. The van der Waals surface area contributed by atoms with Crippen LogP contribution in [0.3, 0.4) is 0 Å². The van der Waals surface area contributed by atoms with Gasteiger partial charge in [0.25, 0.3) is 0 Å². The molecule has 152 valence electrons. The topological polar surface area (TPSA) is 8.29 Å². The second kappa shape index (κ2) is 6.08. The predicted molar refractivity (Wildman–Crippen MR) is 135 cm³/mol. The third-order valence-electron chi connectivity index (χ3n) is 7.30. The average Bonchev–Trinajstić information content (AvgIpc) is 3.15. The van der Waals surface area contributed by atoms with Crippen LogP contribution in [0.1, 0.15) is 11.1 Å². The van der Waals surface area contributed by atoms with Crippen molar-refractivity contribution >= 4 is 49.0 Å². The van der Waals surface area contributed by atoms with Crippen molar-refractivity contribution in [3.63, 3.8) is 0 Å². The van der Waals surface area contributed by atoms with Crippen molar-refractivity contribution in [2.45, 2.75) is 13.8 Å². The standard InChI is InChI=1S/C30H23N2/c1-18-17-24-23-11-7-8-12-25(23)32-28-22(20-9-5-4-6-10-20)14-13-21-15-16-31(3)30(27(21)28)26(19(18)2)29(24)32/h4-17H,1-3H3/q+1. The first kappa shape index (κ1) is 17.7. The van der Waals surface area contributed by atoms with Gasteiger partial charge in [0.1, 0.15) is 7.05 Å². The lowest BCUT2D eigenvalue weighted by Gasteiger charge is -2.17. The molecule has 0 aliphatic carbocycles. The Kier molecular flexibility index (Phi) is 3.37. The average molecular weight is 412 g/mol. The molecule has 0 aliphatic heterocycles. The smallest absolute Gasteiger partial charge is 0.224 e. The molecule has 0 saturated carbocycles. The van der Waals surface area contributed by atoms with E-state index in [2.05, 4.69) is 115 Å². The zero-order chi connectivity index (χ0) is 21.6. The fraction of sp³-hybridized carbons (Fsp3) is 0.100. The van der Waals surface area contributed by atoms with Gasteiger partial charge < -0.3 is 4.40 Å². The van der Waals surface area contributed by atoms with Crippen LogP contribution in [0.2, 0.25) is 0 Å². The number of pyridine rings is 2. The van der Waals surface area contributed by atoms with Crippen molar-refractivity contribution in [2.24, 2.45) is 7.05 Å². The van der Waals surface area contributed by atoms with Gasteiger partial charge in [-0.1, -0.05) is 60.7 Å². The molecule has 32 heavy (non-hydrogen) atoms. The van der Waals surface area contributed by atoms with Crippen molar-refractivity contribution in [3.05, 3.63) is 96.2 Å². The summed E-state index contributed by atoms with van der Waals surface area (Å²) in [5, 5.41) is 6.63. The maximum atomic E-state index is 2.53. The molecule has 4 aromatic carbocycles. The second-order valence-corrected chi connectivity index (χ2v) is 9.01. The molecule has 0 spiro atoms. The van der Waals surface area contributed by atoms with Crippen molar-refractivity contribution in [3.8, 4) is 11.1 Å². The van der Waals surface area contributed by atoms with Crippen LogP contribution in [0.5, 0.6) is 0 Å². The van der Waals surface area contributed by atoms with E-state index >= 15 is 0 Å². The summed E-state index contributed by atoms with van der Waals surface area (Å²) in [6.07, 6.45) is 2.20. The van der Waals surface area contributed by atoms with Gasteiger partial charge in [-0.25, -0.2) is 4.57 Å². The lowest BCUT2D eigenvalue weighted by atomic mass is 9.94. The molecule has 0 atom stereocenters. The highest BCUT2D eigenvalue weighted by Gasteiger charge is 2.26. The van der Waals surface area contributed by atoms with E-state index in [-0.39, 0.29) is 0 Å². The SMILES string of the molecule is Cc1cc2c3ccccc3n3c4c(-c5ccccc5)ccc5cc[n+](C)c(c(c1C)c23)c54. The Morgan fingerprint density at radius 2 is 1.50 bits per heavy atom. The Hall–Kier alpha value is -3.91. The molecule has 2 nitrogen and oxygen atoms in total. The molecule has 0 fully saturated rings. The molecule has 0 bridgehead atoms. The lowest BCUT2D eigenvalue weighted by Crippen LogP contribution is -2.29. The molecule has 3 heterocycles. The molecule has 0 radical (unpaired) electrons. The quantitative estimate of drug-likeness (QED) is 0.155. The minimum atomic E-state index is 1.25.